The molecule has 1 aromatic heterocycles. The number of hydrogen-bond donors (Lipinski definition) is 0. The number of fused-ring (bicyclic) bond motifs is 1. The van der Waals surface area contributed by atoms with Gasteiger partial charge in [-0.25, -0.2) is 4.79 Å². The Bertz CT molecular complexity index is 814. The van der Waals surface area contributed by atoms with Crippen molar-refractivity contribution in [2.45, 2.75) is 72.1 Å². The molecule has 0 radical (unpaired) electrons. The molecule has 0 aliphatic rings. The van der Waals surface area contributed by atoms with E-state index in [0.717, 1.165) is 0 Å². The molecule has 0 amide bonds. The number of halogens is 3. The molecule has 2 rings (SSSR count). The molecule has 0 saturated carbocycles. The van der Waals surface area contributed by atoms with E-state index in [1.807, 2.05) is 13.8 Å². The van der Waals surface area contributed by atoms with Crippen LogP contribution >= 0.6 is 0 Å². The van der Waals surface area contributed by atoms with Gasteiger partial charge in [0.25, 0.3) is 0 Å². The first-order valence-corrected chi connectivity index (χ1v) is 9.62. The van der Waals surface area contributed by atoms with Crippen LogP contribution in [-0.4, -0.2) is 23.8 Å². The van der Waals surface area contributed by atoms with Gasteiger partial charge in [-0.1, -0.05) is 38.8 Å². The summed E-state index contributed by atoms with van der Waals surface area (Å²) in [5.41, 5.74) is 0.132. The van der Waals surface area contributed by atoms with E-state index in [1.54, 1.807) is 13.8 Å². The summed E-state index contributed by atoms with van der Waals surface area (Å²) in [5, 5.41) is 3.20. The van der Waals surface area contributed by atoms with Crippen LogP contribution in [0.15, 0.2) is 10.6 Å². The minimum Gasteiger partial charge on any atom is -0.478 e. The lowest BCUT2D eigenvalue weighted by molar-refractivity contribution is -0.151. The fraction of sp³-hybridized carbons (Fsp3) is 0.600. The molecule has 0 N–H and O–H groups in total. The first-order valence-electron chi connectivity index (χ1n) is 9.62. The van der Waals surface area contributed by atoms with E-state index in [1.165, 1.54) is 6.07 Å². The third-order valence-corrected chi connectivity index (χ3v) is 4.35. The van der Waals surface area contributed by atoms with E-state index in [0.29, 0.717) is 49.0 Å². The van der Waals surface area contributed by atoms with Crippen LogP contribution in [0.25, 0.3) is 11.0 Å². The molecule has 0 saturated heterocycles. The fourth-order valence-corrected chi connectivity index (χ4v) is 3.14. The summed E-state index contributed by atoms with van der Waals surface area (Å²) in [5.74, 6) is -0.0930. The smallest absolute Gasteiger partial charge is 0.437 e. The van der Waals surface area contributed by atoms with E-state index in [9.17, 15) is 18.0 Å². The largest absolute Gasteiger partial charge is 0.478 e. The number of rotatable bonds is 9. The lowest BCUT2D eigenvalue weighted by Crippen LogP contribution is -2.29. The predicted octanol–water partition coefficient (Wildman–Crippen LogP) is 5.47. The van der Waals surface area contributed by atoms with Gasteiger partial charge in [-0.3, -0.25) is 0 Å². The number of nitrogens with zero attached hydrogens (tertiary/aromatic N) is 1. The highest BCUT2D eigenvalue weighted by molar-refractivity contribution is 5.87. The van der Waals surface area contributed by atoms with Crippen molar-refractivity contribution < 1.29 is 32.0 Å². The van der Waals surface area contributed by atoms with Gasteiger partial charge >= 0.3 is 12.1 Å². The SMILES string of the molecule is CCCc1cc2c(C(F)(F)F)noc2c(CCC)c1OC(CC)C(=O)OCC. The summed E-state index contributed by atoms with van der Waals surface area (Å²) in [7, 11) is 0. The maximum atomic E-state index is 13.3. The van der Waals surface area contributed by atoms with Gasteiger partial charge in [-0.2, -0.15) is 13.2 Å². The van der Waals surface area contributed by atoms with Crippen LogP contribution in [0.3, 0.4) is 0 Å². The van der Waals surface area contributed by atoms with Crippen LogP contribution in [0.5, 0.6) is 5.75 Å². The molecule has 2 aromatic rings. The minimum absolute atomic E-state index is 0.0581. The van der Waals surface area contributed by atoms with Crippen molar-refractivity contribution in [3.05, 3.63) is 22.9 Å². The number of aryl methyl sites for hydroxylation is 2. The second-order valence-corrected chi connectivity index (χ2v) is 6.52. The Balaban J connectivity index is 2.66. The molecular weight excluding hydrogens is 375 g/mol. The molecule has 8 heteroatoms. The Labute approximate surface area is 162 Å². The average molecular weight is 401 g/mol. The van der Waals surface area contributed by atoms with Crippen LogP contribution in [-0.2, 0) is 28.5 Å². The van der Waals surface area contributed by atoms with Gasteiger partial charge in [0.2, 0.25) is 0 Å². The molecule has 5 nitrogen and oxygen atoms in total. The van der Waals surface area contributed by atoms with Crippen molar-refractivity contribution in [2.75, 3.05) is 6.61 Å². The summed E-state index contributed by atoms with van der Waals surface area (Å²) in [6.07, 6.45) is -2.77. The lowest BCUT2D eigenvalue weighted by atomic mass is 9.97. The Morgan fingerprint density at radius 2 is 1.86 bits per heavy atom. The zero-order valence-electron chi connectivity index (χ0n) is 16.6. The van der Waals surface area contributed by atoms with E-state index < -0.39 is 23.9 Å². The molecule has 0 spiro atoms. The monoisotopic (exact) mass is 401 g/mol. The maximum Gasteiger partial charge on any atom is 0.437 e. The Hall–Kier alpha value is -2.25. The van der Waals surface area contributed by atoms with Crippen molar-refractivity contribution in [3.63, 3.8) is 0 Å². The van der Waals surface area contributed by atoms with Gasteiger partial charge < -0.3 is 14.0 Å². The molecule has 0 aliphatic carbocycles. The predicted molar refractivity (Wildman–Crippen MR) is 98.3 cm³/mol. The fourth-order valence-electron chi connectivity index (χ4n) is 3.14. The summed E-state index contributed by atoms with van der Waals surface area (Å²) in [6, 6.07) is 1.42. The molecule has 156 valence electrons. The van der Waals surface area contributed by atoms with Crippen molar-refractivity contribution in [2.24, 2.45) is 0 Å². The number of carbonyl (C=O) groups excluding carboxylic acids is 1. The Kier molecular flexibility index (Phi) is 7.32. The van der Waals surface area contributed by atoms with Crippen molar-refractivity contribution in [3.8, 4) is 5.75 Å². The number of benzene rings is 1. The first kappa shape index (κ1) is 22.0. The topological polar surface area (TPSA) is 61.6 Å². The third kappa shape index (κ3) is 4.59. The second-order valence-electron chi connectivity index (χ2n) is 6.52. The molecule has 1 unspecified atom stereocenters. The Morgan fingerprint density at radius 1 is 1.18 bits per heavy atom. The highest BCUT2D eigenvalue weighted by Gasteiger charge is 2.38. The summed E-state index contributed by atoms with van der Waals surface area (Å²) >= 11 is 0. The van der Waals surface area contributed by atoms with Crippen molar-refractivity contribution >= 4 is 16.9 Å². The molecule has 28 heavy (non-hydrogen) atoms. The molecule has 1 atom stereocenters. The molecule has 1 heterocycles. The average Bonchev–Trinajstić information content (AvgIpc) is 3.05. The first-order chi connectivity index (χ1) is 13.3. The highest BCUT2D eigenvalue weighted by atomic mass is 19.4. The number of alkyl halides is 3. The summed E-state index contributed by atoms with van der Waals surface area (Å²) < 4.78 is 56.1. The van der Waals surface area contributed by atoms with E-state index in [-0.39, 0.29) is 17.6 Å². The molecule has 1 aromatic carbocycles. The van der Waals surface area contributed by atoms with Gasteiger partial charge in [-0.15, -0.1) is 0 Å². The number of esters is 1. The quantitative estimate of drug-likeness (QED) is 0.521. The van der Waals surface area contributed by atoms with E-state index in [2.05, 4.69) is 5.16 Å². The van der Waals surface area contributed by atoms with Crippen LogP contribution in [0, 0.1) is 0 Å². The highest BCUT2D eigenvalue weighted by Crippen LogP contribution is 2.41. The Morgan fingerprint density at radius 3 is 2.39 bits per heavy atom. The van der Waals surface area contributed by atoms with Crippen LogP contribution in [0.1, 0.15) is 63.8 Å². The van der Waals surface area contributed by atoms with E-state index in [4.69, 9.17) is 14.0 Å². The van der Waals surface area contributed by atoms with Crippen molar-refractivity contribution in [1.82, 2.24) is 5.16 Å². The summed E-state index contributed by atoms with van der Waals surface area (Å²) in [6.45, 7) is 7.54. The molecular formula is C20H26F3NO4. The molecule has 0 aliphatic heterocycles. The number of carbonyl (C=O) groups is 1. The minimum atomic E-state index is -4.61. The zero-order chi connectivity index (χ0) is 20.9. The van der Waals surface area contributed by atoms with Gasteiger partial charge in [0, 0.05) is 5.56 Å². The van der Waals surface area contributed by atoms with Crippen LogP contribution in [0.2, 0.25) is 0 Å². The van der Waals surface area contributed by atoms with Crippen LogP contribution in [0.4, 0.5) is 13.2 Å². The lowest BCUT2D eigenvalue weighted by Gasteiger charge is -2.21. The summed E-state index contributed by atoms with van der Waals surface area (Å²) in [4.78, 5) is 12.2. The molecule has 0 fully saturated rings. The number of hydrogen-bond acceptors (Lipinski definition) is 5. The third-order valence-electron chi connectivity index (χ3n) is 4.35. The van der Waals surface area contributed by atoms with Crippen LogP contribution < -0.4 is 4.74 Å². The van der Waals surface area contributed by atoms with E-state index >= 15 is 0 Å². The van der Waals surface area contributed by atoms with Gasteiger partial charge in [-0.05, 0) is 37.8 Å². The zero-order valence-corrected chi connectivity index (χ0v) is 16.6. The number of ether oxygens (including phenoxy) is 2. The standard InChI is InChI=1S/C20H26F3NO4/c1-5-9-12-11-14-17(28-24-18(14)20(21,22)23)13(10-6-2)16(12)27-15(7-3)19(25)26-8-4/h11,15H,5-10H2,1-4H3. The molecule has 0 bridgehead atoms. The normalized spacial score (nSPS) is 13.0. The number of aromatic nitrogens is 1. The maximum absolute atomic E-state index is 13.3. The second kappa shape index (κ2) is 9.30. The van der Waals surface area contributed by atoms with Crippen molar-refractivity contribution in [1.29, 1.82) is 0 Å². The van der Waals surface area contributed by atoms with Gasteiger partial charge in [0.1, 0.15) is 5.75 Å². The van der Waals surface area contributed by atoms with Gasteiger partial charge in [0.15, 0.2) is 17.4 Å². The van der Waals surface area contributed by atoms with Gasteiger partial charge in [0.05, 0.1) is 12.0 Å².